The van der Waals surface area contributed by atoms with Gasteiger partial charge in [0.2, 0.25) is 5.91 Å². The van der Waals surface area contributed by atoms with Gasteiger partial charge in [0, 0.05) is 10.9 Å². The van der Waals surface area contributed by atoms with Gasteiger partial charge in [-0.3, -0.25) is 14.5 Å². The second-order valence-corrected chi connectivity index (χ2v) is 7.60. The monoisotopic (exact) mass is 429 g/mol. The summed E-state index contributed by atoms with van der Waals surface area (Å²) in [5, 5.41) is 0.513. The first-order chi connectivity index (χ1) is 15.5. The number of aromatic nitrogens is 1. The molecule has 9 nitrogen and oxygen atoms in total. The molecule has 32 heavy (non-hydrogen) atoms. The lowest BCUT2D eigenvalue weighted by molar-refractivity contribution is -0.140. The maximum Gasteiger partial charge on any atom is 0.343 e. The highest BCUT2D eigenvalue weighted by atomic mass is 16.5. The van der Waals surface area contributed by atoms with Crippen LogP contribution in [0.3, 0.4) is 0 Å². The quantitative estimate of drug-likeness (QED) is 0.379. The van der Waals surface area contributed by atoms with Crippen LogP contribution in [0.2, 0.25) is 0 Å². The molecule has 0 bridgehead atoms. The molecule has 0 radical (unpaired) electrons. The van der Waals surface area contributed by atoms with Crippen molar-refractivity contribution in [3.05, 3.63) is 75.8 Å². The zero-order valence-electron chi connectivity index (χ0n) is 16.7. The predicted molar refractivity (Wildman–Crippen MR) is 113 cm³/mol. The largest absolute Gasteiger partial charge is 0.468 e. The number of nitrogens with two attached hydrogens (primary N) is 1. The molecule has 2 aromatic heterocycles. The first-order valence-electron chi connectivity index (χ1n) is 9.80. The van der Waals surface area contributed by atoms with Crippen LogP contribution in [-0.4, -0.2) is 30.5 Å². The van der Waals surface area contributed by atoms with Gasteiger partial charge in [0.25, 0.3) is 6.01 Å². The molecule has 3 heterocycles. The van der Waals surface area contributed by atoms with Crippen molar-refractivity contribution in [1.82, 2.24) is 4.98 Å². The number of carbonyl (C=O) groups excluding carboxylic acids is 2. The molecule has 0 saturated carbocycles. The lowest BCUT2D eigenvalue weighted by Crippen LogP contribution is -2.44. The molecule has 2 N–H and O–H groups in total. The van der Waals surface area contributed by atoms with Crippen LogP contribution < -0.4 is 16.3 Å². The number of amides is 1. The number of nitrogens with zero attached hydrogens (tertiary/aromatic N) is 2. The van der Waals surface area contributed by atoms with Crippen LogP contribution in [0, 0.1) is 0 Å². The SMILES string of the molecule is COC(=O)CN1C(=O)[C@@]2(c3ccccc3-c3oc(N)nc32)c2c1c1ccccc1oc2=O. The van der Waals surface area contributed by atoms with Crippen LogP contribution in [0.25, 0.3) is 22.3 Å². The number of oxazole rings is 1. The molecule has 1 aliphatic heterocycles. The van der Waals surface area contributed by atoms with E-state index in [1.807, 2.05) is 0 Å². The minimum Gasteiger partial charge on any atom is -0.468 e. The Morgan fingerprint density at radius 3 is 2.69 bits per heavy atom. The van der Waals surface area contributed by atoms with E-state index >= 15 is 0 Å². The number of hydrogen-bond acceptors (Lipinski definition) is 8. The van der Waals surface area contributed by atoms with Gasteiger partial charge in [-0.15, -0.1) is 0 Å². The van der Waals surface area contributed by atoms with Gasteiger partial charge in [0.1, 0.15) is 17.8 Å². The van der Waals surface area contributed by atoms with Gasteiger partial charge < -0.3 is 19.3 Å². The average molecular weight is 429 g/mol. The Bertz CT molecular complexity index is 1530. The number of benzene rings is 2. The normalized spacial score (nSPS) is 18.2. The summed E-state index contributed by atoms with van der Waals surface area (Å²) in [5.41, 5.74) is 5.47. The standard InChI is InChI=1S/C23H15N3O6/c1-30-15(27)10-26-17-12-7-3-5-9-14(12)31-20(28)16(17)23(21(26)29)13-8-4-2-6-11(13)18-19(23)25-22(24)32-18/h2-9H,10H2,1H3,(H2,24,25)/t23-/m0/s1. The van der Waals surface area contributed by atoms with Gasteiger partial charge in [-0.25, -0.2) is 4.79 Å². The van der Waals surface area contributed by atoms with Crippen molar-refractivity contribution in [2.45, 2.75) is 5.41 Å². The molecule has 2 aromatic carbocycles. The van der Waals surface area contributed by atoms with E-state index < -0.39 is 22.9 Å². The van der Waals surface area contributed by atoms with E-state index in [-0.39, 0.29) is 29.5 Å². The fourth-order valence-corrected chi connectivity index (χ4v) is 4.88. The summed E-state index contributed by atoms with van der Waals surface area (Å²) in [6, 6.07) is 13.8. The van der Waals surface area contributed by atoms with Gasteiger partial charge in [0.05, 0.1) is 18.4 Å². The third kappa shape index (κ3) is 2.02. The summed E-state index contributed by atoms with van der Waals surface area (Å²) < 4.78 is 16.1. The molecule has 1 spiro atoms. The van der Waals surface area contributed by atoms with Crippen LogP contribution in [0.1, 0.15) is 16.8 Å². The highest BCUT2D eigenvalue weighted by Crippen LogP contribution is 2.58. The number of carbonyl (C=O) groups is 2. The Hall–Kier alpha value is -4.40. The third-order valence-corrected chi connectivity index (χ3v) is 6.09. The Morgan fingerprint density at radius 1 is 1.12 bits per heavy atom. The third-order valence-electron chi connectivity index (χ3n) is 6.09. The number of methoxy groups -OCH3 is 1. The summed E-state index contributed by atoms with van der Waals surface area (Å²) in [6.45, 7) is -0.387. The summed E-state index contributed by atoms with van der Waals surface area (Å²) in [5.74, 6) is -0.851. The van der Waals surface area contributed by atoms with Gasteiger partial charge in [0.15, 0.2) is 11.2 Å². The molecule has 0 unspecified atom stereocenters. The van der Waals surface area contributed by atoms with Crippen LogP contribution in [0.5, 0.6) is 0 Å². The van der Waals surface area contributed by atoms with E-state index in [1.54, 1.807) is 48.5 Å². The van der Waals surface area contributed by atoms with Gasteiger partial charge in [-0.2, -0.15) is 4.98 Å². The van der Waals surface area contributed by atoms with Crippen LogP contribution >= 0.6 is 0 Å². The van der Waals surface area contributed by atoms with Crippen molar-refractivity contribution in [3.8, 4) is 11.3 Å². The molecule has 4 aromatic rings. The zero-order valence-corrected chi connectivity index (χ0v) is 16.7. The Kier molecular flexibility index (Phi) is 3.48. The molecular weight excluding hydrogens is 414 g/mol. The van der Waals surface area contributed by atoms with Gasteiger partial charge in [-0.1, -0.05) is 36.4 Å². The first-order valence-corrected chi connectivity index (χ1v) is 9.80. The van der Waals surface area contributed by atoms with Crippen molar-refractivity contribution < 1.29 is 23.2 Å². The lowest BCUT2D eigenvalue weighted by Gasteiger charge is -2.23. The number of fused-ring (bicyclic) bond motifs is 9. The summed E-state index contributed by atoms with van der Waals surface area (Å²) in [4.78, 5) is 45.4. The van der Waals surface area contributed by atoms with E-state index in [4.69, 9.17) is 19.3 Å². The van der Waals surface area contributed by atoms with E-state index in [1.165, 1.54) is 12.0 Å². The summed E-state index contributed by atoms with van der Waals surface area (Å²) >= 11 is 0. The highest BCUT2D eigenvalue weighted by Gasteiger charge is 2.63. The Balaban J connectivity index is 1.80. The van der Waals surface area contributed by atoms with Crippen molar-refractivity contribution >= 4 is 34.5 Å². The molecule has 2 aliphatic rings. The van der Waals surface area contributed by atoms with Gasteiger partial charge >= 0.3 is 11.6 Å². The number of rotatable bonds is 2. The number of hydrogen-bond donors (Lipinski definition) is 1. The minimum atomic E-state index is -1.65. The Labute approximate surface area is 180 Å². The fourth-order valence-electron chi connectivity index (χ4n) is 4.88. The van der Waals surface area contributed by atoms with Gasteiger partial charge in [-0.05, 0) is 17.7 Å². The molecule has 0 fully saturated rings. The maximum absolute atomic E-state index is 14.2. The van der Waals surface area contributed by atoms with E-state index in [0.29, 0.717) is 27.9 Å². The number of anilines is 2. The first kappa shape index (κ1) is 18.4. The van der Waals surface area contributed by atoms with Crippen molar-refractivity contribution in [1.29, 1.82) is 0 Å². The summed E-state index contributed by atoms with van der Waals surface area (Å²) in [7, 11) is 1.23. The number of nitrogen functional groups attached to an aromatic ring is 1. The molecule has 0 saturated heterocycles. The van der Waals surface area contributed by atoms with Crippen molar-refractivity contribution in [3.63, 3.8) is 0 Å². The smallest absolute Gasteiger partial charge is 0.343 e. The average Bonchev–Trinajstić information content (AvgIpc) is 3.39. The fraction of sp³-hybridized carbons (Fsp3) is 0.130. The number of ether oxygens (including phenoxy) is 1. The minimum absolute atomic E-state index is 0.0737. The van der Waals surface area contributed by atoms with Crippen LogP contribution in [0.4, 0.5) is 11.7 Å². The number of esters is 1. The van der Waals surface area contributed by atoms with E-state index in [2.05, 4.69) is 4.98 Å². The molecule has 9 heteroatoms. The van der Waals surface area contributed by atoms with Crippen molar-refractivity contribution in [2.75, 3.05) is 24.3 Å². The Morgan fingerprint density at radius 2 is 1.88 bits per heavy atom. The van der Waals surface area contributed by atoms with Crippen LogP contribution in [0.15, 0.2) is 62.2 Å². The predicted octanol–water partition coefficient (Wildman–Crippen LogP) is 2.20. The molecule has 1 amide bonds. The topological polar surface area (TPSA) is 129 Å². The molecule has 158 valence electrons. The lowest BCUT2D eigenvalue weighted by atomic mass is 9.76. The molecule has 1 aliphatic carbocycles. The second kappa shape index (κ2) is 6.07. The van der Waals surface area contributed by atoms with E-state index in [9.17, 15) is 14.4 Å². The number of para-hydroxylation sites is 1. The molecule has 1 atom stereocenters. The highest BCUT2D eigenvalue weighted by molar-refractivity contribution is 6.21. The van der Waals surface area contributed by atoms with E-state index in [0.717, 1.165) is 0 Å². The summed E-state index contributed by atoms with van der Waals surface area (Å²) in [6.07, 6.45) is 0. The second-order valence-electron chi connectivity index (χ2n) is 7.60. The zero-order chi connectivity index (χ0) is 22.2. The van der Waals surface area contributed by atoms with Crippen molar-refractivity contribution in [2.24, 2.45) is 0 Å². The molecule has 6 rings (SSSR count). The van der Waals surface area contributed by atoms with Crippen LogP contribution in [-0.2, 0) is 19.7 Å². The molecular formula is C23H15N3O6. The maximum atomic E-state index is 14.2.